The summed E-state index contributed by atoms with van der Waals surface area (Å²) in [6.07, 6.45) is 3.08. The molecule has 2 saturated heterocycles. The number of nitrogens with zero attached hydrogens (tertiary/aromatic N) is 2. The van der Waals surface area contributed by atoms with Gasteiger partial charge in [-0.2, -0.15) is 0 Å². The second kappa shape index (κ2) is 7.31. The Morgan fingerprint density at radius 1 is 1.36 bits per heavy atom. The fourth-order valence-corrected chi connectivity index (χ4v) is 4.10. The van der Waals surface area contributed by atoms with E-state index >= 15 is 0 Å². The van der Waals surface area contributed by atoms with Gasteiger partial charge in [-0.25, -0.2) is 13.6 Å². The summed E-state index contributed by atoms with van der Waals surface area (Å²) in [5.41, 5.74) is 1.36. The van der Waals surface area contributed by atoms with Crippen molar-refractivity contribution in [2.75, 3.05) is 39.9 Å². The molecule has 8 heteroatoms. The number of ether oxygens (including phenoxy) is 1. The summed E-state index contributed by atoms with van der Waals surface area (Å²) in [5.74, 6) is 0.921. The van der Waals surface area contributed by atoms with Crippen LogP contribution in [0.5, 0.6) is 0 Å². The molecule has 2 aliphatic rings. The Morgan fingerprint density at radius 3 is 2.72 bits per heavy atom. The fourth-order valence-electron chi connectivity index (χ4n) is 3.58. The van der Waals surface area contributed by atoms with Crippen molar-refractivity contribution in [3.63, 3.8) is 0 Å². The van der Waals surface area contributed by atoms with Gasteiger partial charge in [-0.15, -0.1) is 0 Å². The van der Waals surface area contributed by atoms with Crippen molar-refractivity contribution in [2.45, 2.75) is 24.2 Å². The number of hydrogen-bond donors (Lipinski definition) is 2. The zero-order chi connectivity index (χ0) is 17.9. The molecule has 2 heterocycles. The number of aliphatic imine (C=N–C) groups is 1. The number of likely N-dealkylation sites (tertiary alicyclic amines) is 1. The minimum Gasteiger partial charge on any atom is -0.381 e. The second-order valence-electron chi connectivity index (χ2n) is 6.89. The molecule has 0 radical (unpaired) electrons. The Kier molecular flexibility index (Phi) is 5.31. The van der Waals surface area contributed by atoms with E-state index < -0.39 is 10.0 Å². The van der Waals surface area contributed by atoms with Crippen LogP contribution in [0.2, 0.25) is 0 Å². The Hall–Kier alpha value is -1.64. The zero-order valence-electron chi connectivity index (χ0n) is 14.6. The van der Waals surface area contributed by atoms with E-state index in [9.17, 15) is 8.42 Å². The summed E-state index contributed by atoms with van der Waals surface area (Å²) in [4.78, 5) is 6.84. The minimum absolute atomic E-state index is 0.140. The minimum atomic E-state index is -3.63. The van der Waals surface area contributed by atoms with Crippen LogP contribution in [0.3, 0.4) is 0 Å². The number of primary sulfonamides is 1. The summed E-state index contributed by atoms with van der Waals surface area (Å²) in [6.45, 7) is 4.47. The Bertz CT molecular complexity index is 725. The first-order valence-electron chi connectivity index (χ1n) is 8.57. The third-order valence-electron chi connectivity index (χ3n) is 5.08. The van der Waals surface area contributed by atoms with Gasteiger partial charge >= 0.3 is 0 Å². The van der Waals surface area contributed by atoms with Gasteiger partial charge in [-0.3, -0.25) is 4.99 Å². The topological polar surface area (TPSA) is 97.0 Å². The summed E-state index contributed by atoms with van der Waals surface area (Å²) in [7, 11) is -1.83. The van der Waals surface area contributed by atoms with Gasteiger partial charge in [-0.1, -0.05) is 12.1 Å². The molecule has 25 heavy (non-hydrogen) atoms. The van der Waals surface area contributed by atoms with Gasteiger partial charge in [0.2, 0.25) is 10.0 Å². The van der Waals surface area contributed by atoms with E-state index in [-0.39, 0.29) is 4.90 Å². The third-order valence-corrected chi connectivity index (χ3v) is 6.01. The van der Waals surface area contributed by atoms with Gasteiger partial charge in [0.05, 0.1) is 11.5 Å². The lowest BCUT2D eigenvalue weighted by molar-refractivity contribution is 0.156. The number of rotatable bonds is 4. The number of guanidine groups is 1. The maximum Gasteiger partial charge on any atom is 0.238 e. The maximum atomic E-state index is 11.3. The largest absolute Gasteiger partial charge is 0.381 e. The average Bonchev–Trinajstić information content (AvgIpc) is 3.22. The summed E-state index contributed by atoms with van der Waals surface area (Å²) >= 11 is 0. The van der Waals surface area contributed by atoms with E-state index in [2.05, 4.69) is 15.2 Å². The Labute approximate surface area is 149 Å². The van der Waals surface area contributed by atoms with Crippen molar-refractivity contribution >= 4 is 16.0 Å². The number of sulfonamides is 1. The summed E-state index contributed by atoms with van der Waals surface area (Å²) < 4.78 is 28.1. The van der Waals surface area contributed by atoms with Gasteiger partial charge in [0.25, 0.3) is 0 Å². The van der Waals surface area contributed by atoms with E-state index in [0.29, 0.717) is 5.41 Å². The molecule has 1 aromatic rings. The molecular weight excluding hydrogens is 340 g/mol. The molecule has 1 spiro atoms. The van der Waals surface area contributed by atoms with Crippen LogP contribution in [0.1, 0.15) is 18.4 Å². The van der Waals surface area contributed by atoms with Gasteiger partial charge in [-0.05, 0) is 37.0 Å². The molecular formula is C17H26N4O3S. The van der Waals surface area contributed by atoms with Crippen molar-refractivity contribution in [3.8, 4) is 0 Å². The first-order chi connectivity index (χ1) is 11.9. The lowest BCUT2D eigenvalue weighted by Gasteiger charge is -2.25. The van der Waals surface area contributed by atoms with Gasteiger partial charge in [0.15, 0.2) is 5.96 Å². The predicted molar refractivity (Wildman–Crippen MR) is 96.9 cm³/mol. The van der Waals surface area contributed by atoms with Gasteiger partial charge in [0.1, 0.15) is 0 Å². The lowest BCUT2D eigenvalue weighted by atomic mass is 9.87. The SMILES string of the molecule is CN=C(NCCc1ccc(S(N)(=O)=O)cc1)N1CCC2(CCOC2)C1. The number of nitrogens with one attached hydrogen (secondary N) is 1. The van der Waals surface area contributed by atoms with E-state index in [1.54, 1.807) is 31.3 Å². The van der Waals surface area contributed by atoms with Crippen LogP contribution in [0, 0.1) is 5.41 Å². The highest BCUT2D eigenvalue weighted by molar-refractivity contribution is 7.89. The highest BCUT2D eigenvalue weighted by atomic mass is 32.2. The van der Waals surface area contributed by atoms with Crippen LogP contribution in [-0.4, -0.2) is 59.2 Å². The smallest absolute Gasteiger partial charge is 0.238 e. The van der Waals surface area contributed by atoms with Crippen LogP contribution in [-0.2, 0) is 21.2 Å². The summed E-state index contributed by atoms with van der Waals surface area (Å²) in [6, 6.07) is 6.68. The van der Waals surface area contributed by atoms with Crippen LogP contribution < -0.4 is 10.5 Å². The highest BCUT2D eigenvalue weighted by Gasteiger charge is 2.42. The molecule has 7 nitrogen and oxygen atoms in total. The number of benzene rings is 1. The van der Waals surface area contributed by atoms with Crippen molar-refractivity contribution in [2.24, 2.45) is 15.5 Å². The van der Waals surface area contributed by atoms with E-state index in [1.165, 1.54) is 0 Å². The molecule has 2 aliphatic heterocycles. The normalized spacial score (nSPS) is 24.2. The van der Waals surface area contributed by atoms with Crippen LogP contribution in [0.25, 0.3) is 0 Å². The summed E-state index contributed by atoms with van der Waals surface area (Å²) in [5, 5.41) is 8.52. The molecule has 0 saturated carbocycles. The molecule has 1 unspecified atom stereocenters. The quantitative estimate of drug-likeness (QED) is 0.600. The number of hydrogen-bond acceptors (Lipinski definition) is 4. The highest BCUT2D eigenvalue weighted by Crippen LogP contribution is 2.38. The number of nitrogens with two attached hydrogens (primary N) is 1. The molecule has 0 amide bonds. The van der Waals surface area contributed by atoms with E-state index in [1.807, 2.05) is 0 Å². The lowest BCUT2D eigenvalue weighted by Crippen LogP contribution is -2.42. The van der Waals surface area contributed by atoms with Crippen molar-refractivity contribution < 1.29 is 13.2 Å². The van der Waals surface area contributed by atoms with Gasteiger partial charge in [0, 0.05) is 38.7 Å². The van der Waals surface area contributed by atoms with Gasteiger partial charge < -0.3 is 15.0 Å². The van der Waals surface area contributed by atoms with Crippen molar-refractivity contribution in [1.29, 1.82) is 0 Å². The molecule has 1 aromatic carbocycles. The third kappa shape index (κ3) is 4.31. The van der Waals surface area contributed by atoms with E-state index in [4.69, 9.17) is 9.88 Å². The molecule has 0 aliphatic carbocycles. The van der Waals surface area contributed by atoms with Crippen molar-refractivity contribution in [1.82, 2.24) is 10.2 Å². The maximum absolute atomic E-state index is 11.3. The first-order valence-corrected chi connectivity index (χ1v) is 10.1. The van der Waals surface area contributed by atoms with Crippen LogP contribution in [0.4, 0.5) is 0 Å². The molecule has 138 valence electrons. The zero-order valence-corrected chi connectivity index (χ0v) is 15.4. The Morgan fingerprint density at radius 2 is 2.12 bits per heavy atom. The molecule has 1 atom stereocenters. The molecule has 3 rings (SSSR count). The molecule has 3 N–H and O–H groups in total. The predicted octanol–water partition coefficient (Wildman–Crippen LogP) is 0.564. The van der Waals surface area contributed by atoms with Crippen molar-refractivity contribution in [3.05, 3.63) is 29.8 Å². The fraction of sp³-hybridized carbons (Fsp3) is 0.588. The Balaban J connectivity index is 1.51. The van der Waals surface area contributed by atoms with Crippen LogP contribution >= 0.6 is 0 Å². The molecule has 2 fully saturated rings. The average molecular weight is 366 g/mol. The molecule has 0 bridgehead atoms. The standard InChI is InChI=1S/C17H26N4O3S/c1-19-16(21-10-7-17(12-21)8-11-24-13-17)20-9-6-14-2-4-15(5-3-14)25(18,22)23/h2-5H,6-13H2,1H3,(H,19,20)(H2,18,22,23). The second-order valence-corrected chi connectivity index (χ2v) is 8.45. The monoisotopic (exact) mass is 366 g/mol. The van der Waals surface area contributed by atoms with Crippen LogP contribution in [0.15, 0.2) is 34.2 Å². The van der Waals surface area contributed by atoms with E-state index in [0.717, 1.165) is 63.6 Å². The molecule has 0 aromatic heterocycles. The first kappa shape index (κ1) is 18.2.